The van der Waals surface area contributed by atoms with Gasteiger partial charge in [0.25, 0.3) is 0 Å². The fraction of sp³-hybridized carbons (Fsp3) is 0.500. The summed E-state index contributed by atoms with van der Waals surface area (Å²) >= 11 is 11.5. The number of alkyl halides is 1. The molecular formula is C12H17Cl2N. The van der Waals surface area contributed by atoms with Crippen molar-refractivity contribution in [2.45, 2.75) is 19.4 Å². The molecule has 3 heteroatoms. The molecule has 0 spiro atoms. The predicted octanol–water partition coefficient (Wildman–Crippen LogP) is 3.79. The van der Waals surface area contributed by atoms with Gasteiger partial charge in [-0.15, -0.1) is 11.6 Å². The molecule has 0 N–H and O–H groups in total. The van der Waals surface area contributed by atoms with Crippen LogP contribution in [0.3, 0.4) is 0 Å². The Morgan fingerprint density at radius 1 is 1.27 bits per heavy atom. The molecule has 1 aromatic rings. The summed E-state index contributed by atoms with van der Waals surface area (Å²) in [7, 11) is 2.12. The van der Waals surface area contributed by atoms with E-state index in [2.05, 4.69) is 18.0 Å². The van der Waals surface area contributed by atoms with Gasteiger partial charge in [-0.3, -0.25) is 0 Å². The normalized spacial score (nSPS) is 10.9. The minimum absolute atomic E-state index is 0.755. The lowest BCUT2D eigenvalue weighted by atomic mass is 10.2. The lowest BCUT2D eigenvalue weighted by Crippen LogP contribution is -2.19. The van der Waals surface area contributed by atoms with Crippen molar-refractivity contribution >= 4 is 23.2 Å². The molecule has 0 radical (unpaired) electrons. The number of halogens is 2. The Bertz CT molecular complexity index is 289. The van der Waals surface area contributed by atoms with Gasteiger partial charge in [-0.2, -0.15) is 0 Å². The maximum atomic E-state index is 5.92. The van der Waals surface area contributed by atoms with Gasteiger partial charge in [0.2, 0.25) is 0 Å². The summed E-state index contributed by atoms with van der Waals surface area (Å²) in [5.41, 5.74) is 1.26. The smallest absolute Gasteiger partial charge is 0.0409 e. The first-order chi connectivity index (χ1) is 7.22. The molecule has 0 heterocycles. The highest BCUT2D eigenvalue weighted by Crippen LogP contribution is 2.12. The quantitative estimate of drug-likeness (QED) is 0.545. The first kappa shape index (κ1) is 12.8. The van der Waals surface area contributed by atoms with Gasteiger partial charge in [-0.1, -0.05) is 23.7 Å². The van der Waals surface area contributed by atoms with Crippen LogP contribution >= 0.6 is 23.2 Å². The fourth-order valence-electron chi connectivity index (χ4n) is 1.50. The van der Waals surface area contributed by atoms with E-state index >= 15 is 0 Å². The van der Waals surface area contributed by atoms with Crippen LogP contribution in [-0.4, -0.2) is 24.4 Å². The minimum Gasteiger partial charge on any atom is -0.302 e. The summed E-state index contributed by atoms with van der Waals surface area (Å²) in [6.45, 7) is 2.03. The molecule has 0 bridgehead atoms. The zero-order valence-electron chi connectivity index (χ0n) is 9.05. The summed E-state index contributed by atoms with van der Waals surface area (Å²) in [5.74, 6) is 0.755. The maximum absolute atomic E-state index is 5.92. The van der Waals surface area contributed by atoms with Crippen LogP contribution in [0, 0.1) is 0 Å². The molecule has 0 aromatic heterocycles. The molecule has 0 atom stereocenters. The highest BCUT2D eigenvalue weighted by molar-refractivity contribution is 6.30. The van der Waals surface area contributed by atoms with Crippen molar-refractivity contribution in [3.8, 4) is 0 Å². The van der Waals surface area contributed by atoms with Gasteiger partial charge in [0.1, 0.15) is 0 Å². The van der Waals surface area contributed by atoms with Crippen molar-refractivity contribution in [1.82, 2.24) is 4.90 Å². The summed E-state index contributed by atoms with van der Waals surface area (Å²) in [6, 6.07) is 8.01. The van der Waals surface area contributed by atoms with E-state index in [1.807, 2.05) is 18.2 Å². The molecule has 0 aliphatic heterocycles. The molecule has 0 aliphatic carbocycles. The molecule has 1 aromatic carbocycles. The van der Waals surface area contributed by atoms with E-state index in [-0.39, 0.29) is 0 Å². The van der Waals surface area contributed by atoms with Gasteiger partial charge >= 0.3 is 0 Å². The Hall–Kier alpha value is -0.240. The van der Waals surface area contributed by atoms with Crippen molar-refractivity contribution in [2.24, 2.45) is 0 Å². The minimum atomic E-state index is 0.755. The van der Waals surface area contributed by atoms with Crippen LogP contribution in [-0.2, 0) is 6.54 Å². The van der Waals surface area contributed by atoms with Crippen molar-refractivity contribution in [3.63, 3.8) is 0 Å². The molecular weight excluding hydrogens is 229 g/mol. The van der Waals surface area contributed by atoms with Crippen LogP contribution in [0.1, 0.15) is 18.4 Å². The van der Waals surface area contributed by atoms with Gasteiger partial charge in [-0.05, 0) is 44.1 Å². The summed E-state index contributed by atoms with van der Waals surface area (Å²) in [4.78, 5) is 2.29. The molecule has 1 rings (SSSR count). The second-order valence-electron chi connectivity index (χ2n) is 3.76. The molecule has 1 nitrogen and oxygen atoms in total. The molecule has 0 unspecified atom stereocenters. The molecule has 84 valence electrons. The molecule has 0 saturated carbocycles. The second kappa shape index (κ2) is 7.10. The lowest BCUT2D eigenvalue weighted by molar-refractivity contribution is 0.321. The third kappa shape index (κ3) is 5.41. The van der Waals surface area contributed by atoms with E-state index in [1.165, 1.54) is 5.56 Å². The predicted molar refractivity (Wildman–Crippen MR) is 67.7 cm³/mol. The summed E-state index contributed by atoms with van der Waals surface area (Å²) < 4.78 is 0. The van der Waals surface area contributed by atoms with Crippen LogP contribution in [0.5, 0.6) is 0 Å². The van der Waals surface area contributed by atoms with Crippen LogP contribution in [0.15, 0.2) is 24.3 Å². The highest BCUT2D eigenvalue weighted by atomic mass is 35.5. The van der Waals surface area contributed by atoms with Gasteiger partial charge in [-0.25, -0.2) is 0 Å². The average molecular weight is 246 g/mol. The number of unbranched alkanes of at least 4 members (excludes halogenated alkanes) is 1. The third-order valence-electron chi connectivity index (χ3n) is 2.26. The van der Waals surface area contributed by atoms with E-state index in [1.54, 1.807) is 0 Å². The SMILES string of the molecule is CN(CCCCCl)Cc1cccc(Cl)c1. The largest absolute Gasteiger partial charge is 0.302 e. The van der Waals surface area contributed by atoms with Crippen molar-refractivity contribution in [3.05, 3.63) is 34.9 Å². The number of hydrogen-bond donors (Lipinski definition) is 0. The van der Waals surface area contributed by atoms with Crippen LogP contribution in [0.25, 0.3) is 0 Å². The topological polar surface area (TPSA) is 3.24 Å². The summed E-state index contributed by atoms with van der Waals surface area (Å²) in [5, 5.41) is 0.807. The Kier molecular flexibility index (Phi) is 6.07. The van der Waals surface area contributed by atoms with Gasteiger partial charge in [0.15, 0.2) is 0 Å². The van der Waals surface area contributed by atoms with Crippen molar-refractivity contribution in [2.75, 3.05) is 19.5 Å². The lowest BCUT2D eigenvalue weighted by Gasteiger charge is -2.16. The monoisotopic (exact) mass is 245 g/mol. The van der Waals surface area contributed by atoms with Crippen LogP contribution < -0.4 is 0 Å². The van der Waals surface area contributed by atoms with E-state index in [0.29, 0.717) is 0 Å². The molecule has 0 aliphatic rings. The number of benzene rings is 1. The highest BCUT2D eigenvalue weighted by Gasteiger charge is 2.00. The zero-order chi connectivity index (χ0) is 11.1. The Morgan fingerprint density at radius 2 is 2.07 bits per heavy atom. The van der Waals surface area contributed by atoms with E-state index in [4.69, 9.17) is 23.2 Å². The maximum Gasteiger partial charge on any atom is 0.0409 e. The Morgan fingerprint density at radius 3 is 2.73 bits per heavy atom. The zero-order valence-corrected chi connectivity index (χ0v) is 10.6. The number of rotatable bonds is 6. The number of hydrogen-bond acceptors (Lipinski definition) is 1. The molecule has 0 saturated heterocycles. The van der Waals surface area contributed by atoms with Crippen molar-refractivity contribution in [1.29, 1.82) is 0 Å². The van der Waals surface area contributed by atoms with Gasteiger partial charge in [0, 0.05) is 17.4 Å². The number of nitrogens with zero attached hydrogens (tertiary/aromatic N) is 1. The second-order valence-corrected chi connectivity index (χ2v) is 4.58. The Balaban J connectivity index is 2.34. The Labute approximate surface area is 102 Å². The average Bonchev–Trinajstić information content (AvgIpc) is 2.18. The molecule has 0 amide bonds. The first-order valence-corrected chi connectivity index (χ1v) is 6.12. The van der Waals surface area contributed by atoms with Crippen LogP contribution in [0.2, 0.25) is 5.02 Å². The van der Waals surface area contributed by atoms with Crippen molar-refractivity contribution < 1.29 is 0 Å². The third-order valence-corrected chi connectivity index (χ3v) is 2.77. The standard InChI is InChI=1S/C12H17Cl2N/c1-15(8-3-2-7-13)10-11-5-4-6-12(14)9-11/h4-6,9H,2-3,7-8,10H2,1H3. The fourth-order valence-corrected chi connectivity index (χ4v) is 1.90. The van der Waals surface area contributed by atoms with E-state index in [9.17, 15) is 0 Å². The van der Waals surface area contributed by atoms with Gasteiger partial charge in [0.05, 0.1) is 0 Å². The van der Waals surface area contributed by atoms with E-state index < -0.39 is 0 Å². The van der Waals surface area contributed by atoms with E-state index in [0.717, 1.165) is 36.8 Å². The van der Waals surface area contributed by atoms with Crippen LogP contribution in [0.4, 0.5) is 0 Å². The first-order valence-electron chi connectivity index (χ1n) is 5.21. The summed E-state index contributed by atoms with van der Waals surface area (Å²) in [6.07, 6.45) is 2.24. The molecule has 0 fully saturated rings. The van der Waals surface area contributed by atoms with Gasteiger partial charge < -0.3 is 4.90 Å². The molecule has 15 heavy (non-hydrogen) atoms.